The molecule has 0 bridgehead atoms. The van der Waals surface area contributed by atoms with E-state index in [4.69, 9.17) is 14.2 Å². The molecule has 1 fully saturated rings. The molecular weight excluding hydrogens is 523 g/mol. The van der Waals surface area contributed by atoms with Gasteiger partial charge in [-0.2, -0.15) is 0 Å². The van der Waals surface area contributed by atoms with Crippen molar-refractivity contribution < 1.29 is 33.0 Å². The van der Waals surface area contributed by atoms with Crippen LogP contribution in [0.1, 0.15) is 23.3 Å². The lowest BCUT2D eigenvalue weighted by molar-refractivity contribution is -0.145. The lowest BCUT2D eigenvalue weighted by Gasteiger charge is -2.30. The predicted octanol–water partition coefficient (Wildman–Crippen LogP) is 3.32. The highest BCUT2D eigenvalue weighted by molar-refractivity contribution is 8.00. The smallest absolute Gasteiger partial charge is 0.344 e. The number of nitrogens with one attached hydrogen (secondary N) is 1. The Morgan fingerprint density at radius 1 is 1.08 bits per heavy atom. The van der Waals surface area contributed by atoms with Crippen molar-refractivity contribution in [2.75, 3.05) is 25.2 Å². The highest BCUT2D eigenvalue weighted by Crippen LogP contribution is 2.53. The molecule has 37 heavy (non-hydrogen) atoms. The Hall–Kier alpha value is -3.64. The summed E-state index contributed by atoms with van der Waals surface area (Å²) in [6, 6.07) is 10.2. The number of amides is 2. The summed E-state index contributed by atoms with van der Waals surface area (Å²) in [5.74, 6) is -2.71. The molecule has 9 nitrogen and oxygen atoms in total. The molecule has 0 aliphatic carbocycles. The highest BCUT2D eigenvalue weighted by atomic mass is 32.2. The molecule has 2 aromatic carbocycles. The normalized spacial score (nSPS) is 20.4. The maximum Gasteiger partial charge on any atom is 0.344 e. The average molecular weight is 545 g/mol. The second kappa shape index (κ2) is 10.0. The van der Waals surface area contributed by atoms with Crippen molar-refractivity contribution in [2.24, 2.45) is 5.92 Å². The monoisotopic (exact) mass is 544 g/mol. The van der Waals surface area contributed by atoms with Crippen LogP contribution in [0.4, 0.5) is 10.1 Å². The molecule has 1 aromatic heterocycles. The molecular formula is C25H21FN2O7S2. The van der Waals surface area contributed by atoms with Crippen LogP contribution in [0, 0.1) is 11.7 Å². The van der Waals surface area contributed by atoms with Crippen LogP contribution in [0.25, 0.3) is 0 Å². The van der Waals surface area contributed by atoms with E-state index in [0.717, 1.165) is 28.0 Å². The van der Waals surface area contributed by atoms with Gasteiger partial charge in [-0.1, -0.05) is 29.2 Å². The quantitative estimate of drug-likeness (QED) is 0.356. The minimum atomic E-state index is -0.808. The van der Waals surface area contributed by atoms with Gasteiger partial charge in [0.25, 0.3) is 0 Å². The third-order valence-corrected chi connectivity index (χ3v) is 8.51. The minimum absolute atomic E-state index is 0.226. The van der Waals surface area contributed by atoms with Gasteiger partial charge in [0.15, 0.2) is 18.1 Å². The molecule has 3 heterocycles. The molecule has 1 saturated heterocycles. The Kier molecular flexibility index (Phi) is 6.78. The van der Waals surface area contributed by atoms with Crippen molar-refractivity contribution in [2.45, 2.75) is 23.1 Å². The van der Waals surface area contributed by atoms with Gasteiger partial charge in [-0.05, 0) is 48.9 Å². The van der Waals surface area contributed by atoms with E-state index in [1.54, 1.807) is 25.1 Å². The molecule has 1 N–H and O–H groups in total. The highest BCUT2D eigenvalue weighted by Gasteiger charge is 2.56. The molecule has 5 rings (SSSR count). The summed E-state index contributed by atoms with van der Waals surface area (Å²) in [4.78, 5) is 55.3. The second-order valence-corrected chi connectivity index (χ2v) is 10.4. The van der Waals surface area contributed by atoms with E-state index in [2.05, 4.69) is 4.98 Å². The van der Waals surface area contributed by atoms with Crippen LogP contribution in [0.15, 0.2) is 52.3 Å². The Balaban J connectivity index is 1.54. The third-order valence-electron chi connectivity index (χ3n) is 6.11. The zero-order chi connectivity index (χ0) is 26.3. The van der Waals surface area contributed by atoms with Crippen LogP contribution in [0.3, 0.4) is 0 Å². The fourth-order valence-corrected chi connectivity index (χ4v) is 7.07. The van der Waals surface area contributed by atoms with E-state index in [9.17, 15) is 23.6 Å². The Labute approximate surface area is 218 Å². The average Bonchev–Trinajstić information content (AvgIpc) is 3.38. The molecule has 0 saturated carbocycles. The van der Waals surface area contributed by atoms with Crippen LogP contribution >= 0.6 is 23.1 Å². The van der Waals surface area contributed by atoms with Gasteiger partial charge in [0.1, 0.15) is 11.1 Å². The third kappa shape index (κ3) is 4.51. The number of anilines is 1. The number of thiazole rings is 1. The number of benzene rings is 2. The number of aromatic amines is 1. The lowest BCUT2D eigenvalue weighted by atomic mass is 9.83. The van der Waals surface area contributed by atoms with Gasteiger partial charge in [-0.3, -0.25) is 14.4 Å². The van der Waals surface area contributed by atoms with E-state index >= 15 is 0 Å². The minimum Gasteiger partial charge on any atom is -0.493 e. The number of carbonyl (C=O) groups is 3. The summed E-state index contributed by atoms with van der Waals surface area (Å²) in [7, 11) is 1.44. The number of esters is 1. The summed E-state index contributed by atoms with van der Waals surface area (Å²) in [6.07, 6.45) is 0. The van der Waals surface area contributed by atoms with Gasteiger partial charge in [0.2, 0.25) is 11.8 Å². The number of ether oxygens (including phenoxy) is 3. The first-order chi connectivity index (χ1) is 17.8. The number of hydrogen-bond donors (Lipinski definition) is 1. The molecule has 0 spiro atoms. The number of nitrogens with zero attached hydrogens (tertiary/aromatic N) is 1. The molecule has 2 aliphatic rings. The predicted molar refractivity (Wildman–Crippen MR) is 134 cm³/mol. The standard InChI is InChI=1S/C25H21FN2O7S2/c1-3-34-17(29)11-35-15-9-4-12(10-16(15)33-2)18-19-21(36-22-20(18)37-25(32)27-22)24(31)28(23(19)30)14-7-5-13(26)6-8-14/h4-10,18-19,21H,3,11H2,1-2H3,(H,27,32)/t18-,19-,21+/m0/s1. The molecule has 0 unspecified atom stereocenters. The molecule has 12 heteroatoms. The van der Waals surface area contributed by atoms with Crippen LogP contribution in [0.5, 0.6) is 11.5 Å². The van der Waals surface area contributed by atoms with Crippen LogP contribution in [-0.4, -0.2) is 48.3 Å². The first-order valence-electron chi connectivity index (χ1n) is 11.3. The molecule has 192 valence electrons. The molecule has 3 atom stereocenters. The van der Waals surface area contributed by atoms with E-state index in [1.807, 2.05) is 0 Å². The number of rotatable bonds is 7. The molecule has 2 aliphatic heterocycles. The largest absolute Gasteiger partial charge is 0.493 e. The summed E-state index contributed by atoms with van der Waals surface area (Å²) in [5, 5.41) is -0.254. The number of carbonyl (C=O) groups excluding carboxylic acids is 3. The van der Waals surface area contributed by atoms with Crippen molar-refractivity contribution >= 4 is 46.6 Å². The Morgan fingerprint density at radius 3 is 2.54 bits per heavy atom. The molecule has 3 aromatic rings. The van der Waals surface area contributed by atoms with Crippen LogP contribution in [0.2, 0.25) is 0 Å². The van der Waals surface area contributed by atoms with E-state index in [-0.39, 0.29) is 23.8 Å². The van der Waals surface area contributed by atoms with E-state index in [1.165, 1.54) is 31.4 Å². The summed E-state index contributed by atoms with van der Waals surface area (Å²) in [6.45, 7) is 1.61. The van der Waals surface area contributed by atoms with Gasteiger partial charge >= 0.3 is 10.8 Å². The zero-order valence-corrected chi connectivity index (χ0v) is 21.3. The first-order valence-corrected chi connectivity index (χ1v) is 13.0. The van der Waals surface area contributed by atoms with Crippen molar-refractivity contribution in [1.82, 2.24) is 4.98 Å². The molecule has 2 amide bonds. The van der Waals surface area contributed by atoms with Crippen LogP contribution < -0.4 is 19.2 Å². The fourth-order valence-electron chi connectivity index (χ4n) is 4.56. The number of imide groups is 1. The number of fused-ring (bicyclic) bond motifs is 2. The maximum absolute atomic E-state index is 13.7. The van der Waals surface area contributed by atoms with E-state index in [0.29, 0.717) is 27.0 Å². The van der Waals surface area contributed by atoms with Crippen molar-refractivity contribution in [3.63, 3.8) is 0 Å². The number of halogens is 1. The Bertz CT molecular complexity index is 1440. The topological polar surface area (TPSA) is 115 Å². The van der Waals surface area contributed by atoms with Gasteiger partial charge in [0, 0.05) is 10.8 Å². The number of methoxy groups -OCH3 is 1. The first kappa shape index (κ1) is 25.0. The number of H-pyrrole nitrogens is 1. The number of thioether (sulfide) groups is 1. The Morgan fingerprint density at radius 2 is 1.84 bits per heavy atom. The summed E-state index contributed by atoms with van der Waals surface area (Å²) in [5.41, 5.74) is 0.913. The second-order valence-electron chi connectivity index (χ2n) is 8.24. The van der Waals surface area contributed by atoms with Crippen molar-refractivity contribution in [1.29, 1.82) is 0 Å². The van der Waals surface area contributed by atoms with Crippen LogP contribution in [-0.2, 0) is 19.1 Å². The molecule has 0 radical (unpaired) electrons. The maximum atomic E-state index is 13.7. The van der Waals surface area contributed by atoms with Gasteiger partial charge < -0.3 is 19.2 Å². The van der Waals surface area contributed by atoms with Gasteiger partial charge in [-0.15, -0.1) is 0 Å². The SMILES string of the molecule is CCOC(=O)COc1ccc([C@@H]2c3sc(=O)[nH]c3S[C@H]3C(=O)N(c4ccc(F)cc4)C(=O)[C@@H]23)cc1OC. The number of hydrogen-bond acceptors (Lipinski definition) is 9. The van der Waals surface area contributed by atoms with Gasteiger partial charge in [-0.25, -0.2) is 14.1 Å². The lowest BCUT2D eigenvalue weighted by Crippen LogP contribution is -2.32. The van der Waals surface area contributed by atoms with Crippen molar-refractivity contribution in [3.8, 4) is 11.5 Å². The number of aromatic nitrogens is 1. The van der Waals surface area contributed by atoms with Crippen molar-refractivity contribution in [3.05, 3.63) is 68.4 Å². The fraction of sp³-hybridized carbons (Fsp3) is 0.280. The van der Waals surface area contributed by atoms with E-state index < -0.39 is 40.7 Å². The summed E-state index contributed by atoms with van der Waals surface area (Å²) >= 11 is 2.14. The zero-order valence-electron chi connectivity index (χ0n) is 19.7. The van der Waals surface area contributed by atoms with Gasteiger partial charge in [0.05, 0.1) is 30.3 Å². The summed E-state index contributed by atoms with van der Waals surface area (Å²) < 4.78 is 29.4.